The Kier molecular flexibility index (Phi) is 8.30. The predicted molar refractivity (Wildman–Crippen MR) is 135 cm³/mol. The number of rotatable bonds is 10. The molecule has 1 heterocycles. The molecule has 7 nitrogen and oxygen atoms in total. The minimum Gasteiger partial charge on any atom is -0.494 e. The first kappa shape index (κ1) is 24.5. The lowest BCUT2D eigenvalue weighted by Gasteiger charge is -2.19. The van der Waals surface area contributed by atoms with E-state index >= 15 is 0 Å². The van der Waals surface area contributed by atoms with Gasteiger partial charge < -0.3 is 19.1 Å². The highest BCUT2D eigenvalue weighted by Crippen LogP contribution is 2.36. The van der Waals surface area contributed by atoms with Gasteiger partial charge in [-0.25, -0.2) is 4.98 Å². The second-order valence-electron chi connectivity index (χ2n) is 7.85. The third-order valence-corrected chi connectivity index (χ3v) is 6.44. The van der Waals surface area contributed by atoms with Crippen molar-refractivity contribution in [1.82, 2.24) is 9.88 Å². The Hall–Kier alpha value is -3.10. The summed E-state index contributed by atoms with van der Waals surface area (Å²) in [5.41, 5.74) is 2.74. The van der Waals surface area contributed by atoms with Crippen molar-refractivity contribution >= 4 is 38.7 Å². The lowest BCUT2D eigenvalue weighted by molar-refractivity contribution is -0.114. The molecule has 1 amide bonds. The summed E-state index contributed by atoms with van der Waals surface area (Å²) in [6, 6.07) is 9.47. The van der Waals surface area contributed by atoms with Crippen molar-refractivity contribution in [3.8, 4) is 17.2 Å². The lowest BCUT2D eigenvalue weighted by Crippen LogP contribution is -2.32. The number of nitrogens with zero attached hydrogens (tertiary/aromatic N) is 3. The largest absolute Gasteiger partial charge is 0.494 e. The lowest BCUT2D eigenvalue weighted by atomic mass is 10.2. The number of thiazole rings is 1. The molecule has 0 aliphatic carbocycles. The molecule has 3 rings (SSSR count). The van der Waals surface area contributed by atoms with E-state index in [0.717, 1.165) is 34.3 Å². The number of aromatic nitrogens is 1. The summed E-state index contributed by atoms with van der Waals surface area (Å²) >= 11 is 1.51. The standard InChI is InChI=1S/C25H31N3O4S/c1-17-8-11-20(31-5)23-24(17)33-25(26-23)28(15-7-14-27(2)3)22(29)13-10-18-9-12-19(30-4)21(16-18)32-6/h8-13,16H,7,14-15H2,1-6H3. The van der Waals surface area contributed by atoms with E-state index in [4.69, 9.17) is 19.2 Å². The van der Waals surface area contributed by atoms with E-state index in [2.05, 4.69) is 4.90 Å². The summed E-state index contributed by atoms with van der Waals surface area (Å²) in [5, 5.41) is 0.665. The van der Waals surface area contributed by atoms with Crippen LogP contribution in [0.15, 0.2) is 36.4 Å². The van der Waals surface area contributed by atoms with Crippen LogP contribution in [0, 0.1) is 6.92 Å². The molecule has 2 aromatic carbocycles. The molecule has 0 atom stereocenters. The van der Waals surface area contributed by atoms with Crippen molar-refractivity contribution in [3.05, 3.63) is 47.5 Å². The Morgan fingerprint density at radius 3 is 2.36 bits per heavy atom. The van der Waals surface area contributed by atoms with Crippen LogP contribution in [-0.2, 0) is 4.79 Å². The van der Waals surface area contributed by atoms with Crippen LogP contribution in [0.5, 0.6) is 17.2 Å². The maximum Gasteiger partial charge on any atom is 0.252 e. The van der Waals surface area contributed by atoms with Crippen LogP contribution in [0.1, 0.15) is 17.5 Å². The summed E-state index contributed by atoms with van der Waals surface area (Å²) in [5.74, 6) is 1.84. The van der Waals surface area contributed by atoms with Crippen molar-refractivity contribution in [3.63, 3.8) is 0 Å². The molecule has 1 aromatic heterocycles. The SMILES string of the molecule is COc1ccc(C=CC(=O)N(CCCN(C)C)c2nc3c(OC)ccc(C)c3s2)cc1OC. The fraction of sp³-hybridized carbons (Fsp3) is 0.360. The van der Waals surface area contributed by atoms with Crippen molar-refractivity contribution in [1.29, 1.82) is 0 Å². The third kappa shape index (κ3) is 5.83. The molecule has 0 radical (unpaired) electrons. The van der Waals surface area contributed by atoms with E-state index in [1.165, 1.54) is 11.3 Å². The van der Waals surface area contributed by atoms with Crippen molar-refractivity contribution in [2.75, 3.05) is 53.4 Å². The van der Waals surface area contributed by atoms with Gasteiger partial charge in [-0.3, -0.25) is 9.69 Å². The van der Waals surface area contributed by atoms with Crippen molar-refractivity contribution < 1.29 is 19.0 Å². The number of hydrogen-bond acceptors (Lipinski definition) is 7. The van der Waals surface area contributed by atoms with Gasteiger partial charge in [0.15, 0.2) is 16.6 Å². The van der Waals surface area contributed by atoms with Gasteiger partial charge in [-0.2, -0.15) is 0 Å². The molecule has 0 spiro atoms. The van der Waals surface area contributed by atoms with Crippen molar-refractivity contribution in [2.24, 2.45) is 0 Å². The minimum absolute atomic E-state index is 0.126. The number of benzene rings is 2. The number of ether oxygens (including phenoxy) is 3. The molecule has 0 saturated heterocycles. The molecular weight excluding hydrogens is 438 g/mol. The Bertz CT molecular complexity index is 1140. The first-order valence-electron chi connectivity index (χ1n) is 10.7. The van der Waals surface area contributed by atoms with Gasteiger partial charge in [0.2, 0.25) is 0 Å². The molecular formula is C25H31N3O4S. The first-order chi connectivity index (χ1) is 15.9. The molecule has 0 N–H and O–H groups in total. The molecule has 0 aliphatic heterocycles. The number of hydrogen-bond donors (Lipinski definition) is 0. The van der Waals surface area contributed by atoms with E-state index in [9.17, 15) is 4.79 Å². The van der Waals surface area contributed by atoms with Gasteiger partial charge in [-0.1, -0.05) is 23.5 Å². The number of aryl methyl sites for hydroxylation is 1. The van der Waals surface area contributed by atoms with Gasteiger partial charge in [-0.05, 0) is 69.4 Å². The summed E-state index contributed by atoms with van der Waals surface area (Å²) < 4.78 is 17.2. The quantitative estimate of drug-likeness (QED) is 0.404. The summed E-state index contributed by atoms with van der Waals surface area (Å²) in [7, 11) is 8.86. The number of carbonyl (C=O) groups excluding carboxylic acids is 1. The average Bonchev–Trinajstić information content (AvgIpc) is 3.26. The fourth-order valence-electron chi connectivity index (χ4n) is 3.44. The highest BCUT2D eigenvalue weighted by molar-refractivity contribution is 7.22. The topological polar surface area (TPSA) is 64.1 Å². The summed E-state index contributed by atoms with van der Waals surface area (Å²) in [4.78, 5) is 21.9. The molecule has 176 valence electrons. The number of methoxy groups -OCH3 is 3. The van der Waals surface area contributed by atoms with Gasteiger partial charge in [0.05, 0.1) is 26.0 Å². The summed E-state index contributed by atoms with van der Waals surface area (Å²) in [6.07, 6.45) is 4.18. The van der Waals surface area contributed by atoms with Gasteiger partial charge in [0.25, 0.3) is 5.91 Å². The predicted octanol–water partition coefficient (Wildman–Crippen LogP) is 4.63. The van der Waals surface area contributed by atoms with Crippen LogP contribution >= 0.6 is 11.3 Å². The smallest absolute Gasteiger partial charge is 0.252 e. The first-order valence-corrected chi connectivity index (χ1v) is 11.5. The van der Waals surface area contributed by atoms with E-state index in [-0.39, 0.29) is 5.91 Å². The molecule has 3 aromatic rings. The molecule has 0 aliphatic rings. The van der Waals surface area contributed by atoms with Crippen LogP contribution in [0.3, 0.4) is 0 Å². The van der Waals surface area contributed by atoms with Gasteiger partial charge in [-0.15, -0.1) is 0 Å². The Labute approximate surface area is 199 Å². The van der Waals surface area contributed by atoms with E-state index in [0.29, 0.717) is 28.9 Å². The maximum absolute atomic E-state index is 13.3. The Balaban J connectivity index is 1.92. The zero-order valence-electron chi connectivity index (χ0n) is 20.0. The Morgan fingerprint density at radius 2 is 1.70 bits per heavy atom. The average molecular weight is 470 g/mol. The molecule has 0 fully saturated rings. The zero-order valence-corrected chi connectivity index (χ0v) is 20.9. The second kappa shape index (κ2) is 11.2. The molecule has 0 bridgehead atoms. The monoisotopic (exact) mass is 469 g/mol. The molecule has 0 saturated carbocycles. The van der Waals surface area contributed by atoms with Crippen LogP contribution in [-0.4, -0.2) is 64.3 Å². The number of carbonyl (C=O) groups is 1. The molecule has 0 unspecified atom stereocenters. The van der Waals surface area contributed by atoms with Crippen LogP contribution < -0.4 is 19.1 Å². The van der Waals surface area contributed by atoms with Crippen molar-refractivity contribution in [2.45, 2.75) is 13.3 Å². The van der Waals surface area contributed by atoms with Gasteiger partial charge in [0.1, 0.15) is 11.3 Å². The number of fused-ring (bicyclic) bond motifs is 1. The maximum atomic E-state index is 13.3. The van der Waals surface area contributed by atoms with E-state index in [1.807, 2.05) is 51.4 Å². The molecule has 33 heavy (non-hydrogen) atoms. The number of anilines is 1. The van der Waals surface area contributed by atoms with Crippen LogP contribution in [0.25, 0.3) is 16.3 Å². The highest BCUT2D eigenvalue weighted by atomic mass is 32.1. The number of amides is 1. The fourth-order valence-corrected chi connectivity index (χ4v) is 4.52. The van der Waals surface area contributed by atoms with Gasteiger partial charge in [0, 0.05) is 12.6 Å². The van der Waals surface area contributed by atoms with E-state index in [1.54, 1.807) is 38.4 Å². The second-order valence-corrected chi connectivity index (χ2v) is 8.83. The van der Waals surface area contributed by atoms with E-state index < -0.39 is 0 Å². The van der Waals surface area contributed by atoms with Crippen LogP contribution in [0.2, 0.25) is 0 Å². The summed E-state index contributed by atoms with van der Waals surface area (Å²) in [6.45, 7) is 3.48. The third-order valence-electron chi connectivity index (χ3n) is 5.22. The minimum atomic E-state index is -0.126. The highest BCUT2D eigenvalue weighted by Gasteiger charge is 2.20. The van der Waals surface area contributed by atoms with Crippen LogP contribution in [0.4, 0.5) is 5.13 Å². The van der Waals surface area contributed by atoms with Gasteiger partial charge >= 0.3 is 0 Å². The normalized spacial score (nSPS) is 11.4. The Morgan fingerprint density at radius 1 is 1.00 bits per heavy atom. The zero-order chi connectivity index (χ0) is 24.0. The molecule has 8 heteroatoms.